The van der Waals surface area contributed by atoms with Crippen LogP contribution in [-0.2, 0) is 6.42 Å². The normalized spacial score (nSPS) is 12.1. The maximum Gasteiger partial charge on any atom is 0.124 e. The summed E-state index contributed by atoms with van der Waals surface area (Å²) < 4.78 is 13.7. The first-order valence-corrected chi connectivity index (χ1v) is 7.20. The zero-order valence-corrected chi connectivity index (χ0v) is 11.9. The van der Waals surface area contributed by atoms with Crippen LogP contribution in [0.4, 0.5) is 4.39 Å². The third-order valence-electron chi connectivity index (χ3n) is 4.20. The Labute approximate surface area is 123 Å². The van der Waals surface area contributed by atoms with E-state index in [1.165, 1.54) is 22.3 Å². The summed E-state index contributed by atoms with van der Waals surface area (Å²) in [4.78, 5) is 0. The van der Waals surface area contributed by atoms with E-state index >= 15 is 0 Å². The van der Waals surface area contributed by atoms with Gasteiger partial charge in [0.15, 0.2) is 0 Å². The number of hydrogen-bond acceptors (Lipinski definition) is 0. The molecular formula is C20H15F. The van der Waals surface area contributed by atoms with E-state index in [0.29, 0.717) is 0 Å². The highest BCUT2D eigenvalue weighted by molar-refractivity contribution is 5.84. The van der Waals surface area contributed by atoms with Crippen LogP contribution in [0.1, 0.15) is 16.7 Å². The molecule has 0 heterocycles. The summed E-state index contributed by atoms with van der Waals surface area (Å²) >= 11 is 0. The van der Waals surface area contributed by atoms with Crippen molar-refractivity contribution in [1.82, 2.24) is 0 Å². The highest BCUT2D eigenvalue weighted by Gasteiger charge is 2.21. The van der Waals surface area contributed by atoms with Crippen molar-refractivity contribution in [3.8, 4) is 22.3 Å². The van der Waals surface area contributed by atoms with E-state index in [4.69, 9.17) is 0 Å². The highest BCUT2D eigenvalue weighted by atomic mass is 19.1. The van der Waals surface area contributed by atoms with Gasteiger partial charge in [-0.1, -0.05) is 48.5 Å². The van der Waals surface area contributed by atoms with E-state index in [1.807, 2.05) is 6.92 Å². The zero-order valence-electron chi connectivity index (χ0n) is 11.9. The van der Waals surface area contributed by atoms with Crippen LogP contribution in [0.15, 0.2) is 60.7 Å². The molecular weight excluding hydrogens is 259 g/mol. The van der Waals surface area contributed by atoms with Crippen LogP contribution in [0.5, 0.6) is 0 Å². The van der Waals surface area contributed by atoms with Gasteiger partial charge >= 0.3 is 0 Å². The van der Waals surface area contributed by atoms with Gasteiger partial charge in [0, 0.05) is 0 Å². The minimum atomic E-state index is -0.168. The van der Waals surface area contributed by atoms with Crippen LogP contribution in [0, 0.1) is 12.7 Å². The molecule has 0 bridgehead atoms. The minimum Gasteiger partial charge on any atom is -0.207 e. The summed E-state index contributed by atoms with van der Waals surface area (Å²) in [6, 6.07) is 20.1. The van der Waals surface area contributed by atoms with Crippen molar-refractivity contribution in [3.05, 3.63) is 83.2 Å². The van der Waals surface area contributed by atoms with Crippen LogP contribution in [-0.4, -0.2) is 0 Å². The molecule has 3 aromatic rings. The Bertz CT molecular complexity index is 826. The molecule has 102 valence electrons. The van der Waals surface area contributed by atoms with Crippen LogP contribution >= 0.6 is 0 Å². The first-order chi connectivity index (χ1) is 10.2. The molecule has 21 heavy (non-hydrogen) atoms. The number of benzene rings is 3. The molecule has 3 aromatic carbocycles. The summed E-state index contributed by atoms with van der Waals surface area (Å²) in [6.45, 7) is 1.94. The Hall–Kier alpha value is -2.41. The van der Waals surface area contributed by atoms with Crippen molar-refractivity contribution in [3.63, 3.8) is 0 Å². The first-order valence-electron chi connectivity index (χ1n) is 7.20. The van der Waals surface area contributed by atoms with Crippen molar-refractivity contribution < 1.29 is 4.39 Å². The van der Waals surface area contributed by atoms with E-state index in [0.717, 1.165) is 23.1 Å². The fourth-order valence-electron chi connectivity index (χ4n) is 3.32. The SMILES string of the molecule is Cc1cc(F)cc(-c2cccc3c2Cc2ccccc2-3)c1. The van der Waals surface area contributed by atoms with E-state index in [1.54, 1.807) is 12.1 Å². The summed E-state index contributed by atoms with van der Waals surface area (Å²) in [5.41, 5.74) is 8.32. The predicted octanol–water partition coefficient (Wildman–Crippen LogP) is 5.37. The van der Waals surface area contributed by atoms with Crippen molar-refractivity contribution in [2.45, 2.75) is 13.3 Å². The quantitative estimate of drug-likeness (QED) is 0.437. The lowest BCUT2D eigenvalue weighted by atomic mass is 9.95. The molecule has 0 spiro atoms. The Balaban J connectivity index is 1.94. The molecule has 0 radical (unpaired) electrons. The van der Waals surface area contributed by atoms with Crippen molar-refractivity contribution >= 4 is 0 Å². The van der Waals surface area contributed by atoms with Gasteiger partial charge in [0.1, 0.15) is 5.82 Å². The number of aryl methyl sites for hydroxylation is 1. The average molecular weight is 274 g/mol. The van der Waals surface area contributed by atoms with Gasteiger partial charge in [-0.15, -0.1) is 0 Å². The summed E-state index contributed by atoms with van der Waals surface area (Å²) in [5.74, 6) is -0.168. The molecule has 4 rings (SSSR count). The number of fused-ring (bicyclic) bond motifs is 3. The second kappa shape index (κ2) is 4.56. The Kier molecular flexibility index (Phi) is 2.68. The topological polar surface area (TPSA) is 0 Å². The highest BCUT2D eigenvalue weighted by Crippen LogP contribution is 2.41. The average Bonchev–Trinajstić information content (AvgIpc) is 2.84. The molecule has 1 heteroatoms. The van der Waals surface area contributed by atoms with E-state index in [2.05, 4.69) is 48.5 Å². The molecule has 0 fully saturated rings. The largest absolute Gasteiger partial charge is 0.207 e. The molecule has 1 aliphatic rings. The molecule has 0 N–H and O–H groups in total. The Morgan fingerprint density at radius 2 is 1.57 bits per heavy atom. The molecule has 0 aliphatic heterocycles. The van der Waals surface area contributed by atoms with Gasteiger partial charge in [-0.05, 0) is 64.4 Å². The second-order valence-corrected chi connectivity index (χ2v) is 5.68. The third-order valence-corrected chi connectivity index (χ3v) is 4.20. The van der Waals surface area contributed by atoms with Crippen molar-refractivity contribution in [2.24, 2.45) is 0 Å². The molecule has 0 nitrogen and oxygen atoms in total. The molecule has 0 saturated carbocycles. The van der Waals surface area contributed by atoms with Crippen LogP contribution < -0.4 is 0 Å². The predicted molar refractivity (Wildman–Crippen MR) is 84.8 cm³/mol. The molecule has 1 aliphatic carbocycles. The fourth-order valence-corrected chi connectivity index (χ4v) is 3.32. The van der Waals surface area contributed by atoms with Crippen molar-refractivity contribution in [2.75, 3.05) is 0 Å². The van der Waals surface area contributed by atoms with Crippen LogP contribution in [0.2, 0.25) is 0 Å². The summed E-state index contributed by atoms with van der Waals surface area (Å²) in [6.07, 6.45) is 0.928. The van der Waals surface area contributed by atoms with E-state index < -0.39 is 0 Å². The lowest BCUT2D eigenvalue weighted by Gasteiger charge is -2.10. The summed E-state index contributed by atoms with van der Waals surface area (Å²) in [7, 11) is 0. The van der Waals surface area contributed by atoms with Gasteiger partial charge in [-0.3, -0.25) is 0 Å². The van der Waals surface area contributed by atoms with Gasteiger partial charge in [-0.2, -0.15) is 0 Å². The lowest BCUT2D eigenvalue weighted by molar-refractivity contribution is 0.627. The standard InChI is InChI=1S/C20H15F/c1-13-9-15(11-16(21)10-13)18-7-4-8-19-17-6-3-2-5-14(17)12-20(18)19/h2-11H,12H2,1H3. The molecule has 0 unspecified atom stereocenters. The number of rotatable bonds is 1. The Morgan fingerprint density at radius 3 is 2.43 bits per heavy atom. The molecule has 0 atom stereocenters. The second-order valence-electron chi connectivity index (χ2n) is 5.68. The zero-order chi connectivity index (χ0) is 14.4. The fraction of sp³-hybridized carbons (Fsp3) is 0.100. The lowest BCUT2D eigenvalue weighted by Crippen LogP contribution is -1.90. The van der Waals surface area contributed by atoms with Gasteiger partial charge in [0.05, 0.1) is 0 Å². The Morgan fingerprint density at radius 1 is 0.810 bits per heavy atom. The van der Waals surface area contributed by atoms with Crippen LogP contribution in [0.3, 0.4) is 0 Å². The molecule has 0 saturated heterocycles. The van der Waals surface area contributed by atoms with Gasteiger partial charge < -0.3 is 0 Å². The van der Waals surface area contributed by atoms with Gasteiger partial charge in [-0.25, -0.2) is 4.39 Å². The number of hydrogen-bond donors (Lipinski definition) is 0. The number of halogens is 1. The molecule has 0 amide bonds. The van der Waals surface area contributed by atoms with E-state index in [9.17, 15) is 4.39 Å². The monoisotopic (exact) mass is 274 g/mol. The smallest absolute Gasteiger partial charge is 0.124 e. The first kappa shape index (κ1) is 12.3. The minimum absolute atomic E-state index is 0.168. The van der Waals surface area contributed by atoms with Crippen LogP contribution in [0.25, 0.3) is 22.3 Å². The maximum atomic E-state index is 13.7. The van der Waals surface area contributed by atoms with Crippen molar-refractivity contribution in [1.29, 1.82) is 0 Å². The van der Waals surface area contributed by atoms with Gasteiger partial charge in [0.25, 0.3) is 0 Å². The summed E-state index contributed by atoms with van der Waals surface area (Å²) in [5, 5.41) is 0. The maximum absolute atomic E-state index is 13.7. The molecule has 0 aromatic heterocycles. The van der Waals surface area contributed by atoms with E-state index in [-0.39, 0.29) is 5.82 Å². The third kappa shape index (κ3) is 1.97. The van der Waals surface area contributed by atoms with Gasteiger partial charge in [0.2, 0.25) is 0 Å².